The van der Waals surface area contributed by atoms with Crippen molar-refractivity contribution in [1.29, 1.82) is 0 Å². The third kappa shape index (κ3) is 1.91. The van der Waals surface area contributed by atoms with Gasteiger partial charge in [0.25, 0.3) is 5.56 Å². The molecular formula is C9H6Cl3N3O. The van der Waals surface area contributed by atoms with E-state index in [0.717, 1.165) is 4.68 Å². The molecule has 2 aromatic rings. The molecular weight excluding hydrogens is 272 g/mol. The largest absolute Gasteiger partial charge is 0.384 e. The molecule has 1 aromatic carbocycles. The number of rotatable bonds is 1. The van der Waals surface area contributed by atoms with Crippen molar-refractivity contribution < 1.29 is 0 Å². The number of aromatic nitrogens is 2. The molecule has 0 amide bonds. The van der Waals surface area contributed by atoms with Crippen LogP contribution in [-0.2, 0) is 0 Å². The highest BCUT2D eigenvalue weighted by atomic mass is 35.5. The lowest BCUT2D eigenvalue weighted by Crippen LogP contribution is -2.14. The number of hydrogen-bond acceptors (Lipinski definition) is 2. The van der Waals surface area contributed by atoms with Gasteiger partial charge in [0.1, 0.15) is 11.5 Å². The number of benzene rings is 1. The topological polar surface area (TPSA) is 63.8 Å². The quantitative estimate of drug-likeness (QED) is 0.842. The Morgan fingerprint density at radius 2 is 1.69 bits per heavy atom. The van der Waals surface area contributed by atoms with Crippen molar-refractivity contribution in [3.05, 3.63) is 43.6 Å². The number of H-pyrrole nitrogens is 1. The highest BCUT2D eigenvalue weighted by Crippen LogP contribution is 2.31. The summed E-state index contributed by atoms with van der Waals surface area (Å²) in [5.41, 5.74) is 5.44. The molecule has 2 rings (SSSR count). The van der Waals surface area contributed by atoms with Crippen LogP contribution in [0.2, 0.25) is 15.1 Å². The van der Waals surface area contributed by atoms with Crippen LogP contribution < -0.4 is 11.3 Å². The molecule has 0 spiro atoms. The van der Waals surface area contributed by atoms with Crippen molar-refractivity contribution in [2.24, 2.45) is 0 Å². The van der Waals surface area contributed by atoms with E-state index >= 15 is 0 Å². The molecule has 7 heteroatoms. The minimum atomic E-state index is -0.344. The van der Waals surface area contributed by atoms with Crippen LogP contribution in [0.1, 0.15) is 0 Å². The first-order valence-electron chi connectivity index (χ1n) is 4.21. The Kier molecular flexibility index (Phi) is 2.88. The molecule has 1 heterocycles. The van der Waals surface area contributed by atoms with E-state index in [-0.39, 0.29) is 21.4 Å². The third-order valence-corrected chi connectivity index (χ3v) is 2.74. The van der Waals surface area contributed by atoms with Gasteiger partial charge in [0.2, 0.25) is 0 Å². The second kappa shape index (κ2) is 4.05. The molecule has 0 saturated carbocycles. The minimum Gasteiger partial charge on any atom is -0.384 e. The average Bonchev–Trinajstić information content (AvgIpc) is 2.43. The van der Waals surface area contributed by atoms with Gasteiger partial charge in [-0.3, -0.25) is 9.89 Å². The first-order valence-corrected chi connectivity index (χ1v) is 5.35. The van der Waals surface area contributed by atoms with Crippen LogP contribution in [0.15, 0.2) is 23.0 Å². The molecule has 0 unspecified atom stereocenters. The van der Waals surface area contributed by atoms with E-state index in [4.69, 9.17) is 40.5 Å². The second-order valence-corrected chi connectivity index (χ2v) is 4.35. The Morgan fingerprint density at radius 3 is 2.12 bits per heavy atom. The van der Waals surface area contributed by atoms with E-state index in [0.29, 0.717) is 10.7 Å². The first kappa shape index (κ1) is 11.4. The van der Waals surface area contributed by atoms with Crippen LogP contribution in [-0.4, -0.2) is 9.78 Å². The molecule has 0 radical (unpaired) electrons. The fraction of sp³-hybridized carbons (Fsp3) is 0. The SMILES string of the molecule is Nc1cc(=O)n(-c2c(Cl)cc(Cl)cc2Cl)[nH]1. The summed E-state index contributed by atoms with van der Waals surface area (Å²) in [5, 5.41) is 3.56. The smallest absolute Gasteiger partial charge is 0.273 e. The van der Waals surface area contributed by atoms with Crippen molar-refractivity contribution in [2.45, 2.75) is 0 Å². The number of nitrogens with one attached hydrogen (secondary N) is 1. The summed E-state index contributed by atoms with van der Waals surface area (Å²) in [4.78, 5) is 11.5. The van der Waals surface area contributed by atoms with Gasteiger partial charge in [0.05, 0.1) is 10.0 Å². The molecule has 84 valence electrons. The van der Waals surface area contributed by atoms with Gasteiger partial charge in [-0.15, -0.1) is 0 Å². The maximum Gasteiger partial charge on any atom is 0.273 e. The Bertz CT molecular complexity index is 579. The molecule has 3 N–H and O–H groups in total. The van der Waals surface area contributed by atoms with Gasteiger partial charge in [-0.1, -0.05) is 34.8 Å². The van der Waals surface area contributed by atoms with Crippen LogP contribution in [0.5, 0.6) is 0 Å². The normalized spacial score (nSPS) is 10.7. The Labute approximate surface area is 106 Å². The number of halogens is 3. The zero-order valence-corrected chi connectivity index (χ0v) is 10.1. The van der Waals surface area contributed by atoms with E-state index in [1.54, 1.807) is 0 Å². The minimum absolute atomic E-state index is 0.229. The number of aromatic amines is 1. The van der Waals surface area contributed by atoms with Crippen molar-refractivity contribution in [1.82, 2.24) is 9.78 Å². The third-order valence-electron chi connectivity index (χ3n) is 1.95. The molecule has 0 aliphatic heterocycles. The molecule has 0 atom stereocenters. The van der Waals surface area contributed by atoms with Gasteiger partial charge in [-0.2, -0.15) is 0 Å². The number of nitrogen functional groups attached to an aromatic ring is 1. The standard InChI is InChI=1S/C9H6Cl3N3O/c10-4-1-5(11)9(6(12)2-4)15-8(16)3-7(13)14-15/h1-3,14H,13H2. The second-order valence-electron chi connectivity index (χ2n) is 3.10. The molecule has 0 fully saturated rings. The highest BCUT2D eigenvalue weighted by Gasteiger charge is 2.12. The fourth-order valence-electron chi connectivity index (χ4n) is 1.33. The van der Waals surface area contributed by atoms with Crippen LogP contribution >= 0.6 is 34.8 Å². The van der Waals surface area contributed by atoms with Crippen molar-refractivity contribution in [3.8, 4) is 5.69 Å². The van der Waals surface area contributed by atoms with E-state index < -0.39 is 0 Å². The molecule has 0 aliphatic carbocycles. The van der Waals surface area contributed by atoms with Crippen molar-refractivity contribution >= 4 is 40.6 Å². The Hall–Kier alpha value is -1.10. The van der Waals surface area contributed by atoms with Crippen molar-refractivity contribution in [2.75, 3.05) is 5.73 Å². The summed E-state index contributed by atoms with van der Waals surface area (Å²) in [6.45, 7) is 0. The van der Waals surface area contributed by atoms with Gasteiger partial charge < -0.3 is 5.73 Å². The Balaban J connectivity index is 2.74. The van der Waals surface area contributed by atoms with Gasteiger partial charge >= 0.3 is 0 Å². The maximum absolute atomic E-state index is 11.5. The first-order chi connectivity index (χ1) is 7.49. The molecule has 0 aliphatic rings. The van der Waals surface area contributed by atoms with Crippen LogP contribution in [0, 0.1) is 0 Å². The van der Waals surface area contributed by atoms with Crippen LogP contribution in [0.3, 0.4) is 0 Å². The summed E-state index contributed by atoms with van der Waals surface area (Å²) in [7, 11) is 0. The number of nitrogens with two attached hydrogens (primary N) is 1. The number of hydrogen-bond donors (Lipinski definition) is 2. The number of anilines is 1. The van der Waals surface area contributed by atoms with E-state index in [1.165, 1.54) is 18.2 Å². The predicted octanol–water partition coefficient (Wildman–Crippen LogP) is 2.71. The molecule has 16 heavy (non-hydrogen) atoms. The number of nitrogens with zero attached hydrogens (tertiary/aromatic N) is 1. The summed E-state index contributed by atoms with van der Waals surface area (Å²) in [6.07, 6.45) is 0. The highest BCUT2D eigenvalue weighted by molar-refractivity contribution is 6.40. The Morgan fingerprint density at radius 1 is 1.12 bits per heavy atom. The lowest BCUT2D eigenvalue weighted by Gasteiger charge is -2.07. The summed E-state index contributed by atoms with van der Waals surface area (Å²) >= 11 is 17.7. The lowest BCUT2D eigenvalue weighted by molar-refractivity contribution is 0.854. The van der Waals surface area contributed by atoms with Gasteiger partial charge in [0.15, 0.2) is 0 Å². The summed E-state index contributed by atoms with van der Waals surface area (Å²) in [6, 6.07) is 4.23. The molecule has 0 bridgehead atoms. The molecule has 0 saturated heterocycles. The monoisotopic (exact) mass is 277 g/mol. The van der Waals surface area contributed by atoms with Gasteiger partial charge in [-0.25, -0.2) is 4.68 Å². The van der Waals surface area contributed by atoms with Gasteiger partial charge in [-0.05, 0) is 12.1 Å². The van der Waals surface area contributed by atoms with E-state index in [2.05, 4.69) is 5.10 Å². The van der Waals surface area contributed by atoms with E-state index in [9.17, 15) is 4.79 Å². The molecule has 1 aromatic heterocycles. The van der Waals surface area contributed by atoms with E-state index in [1.807, 2.05) is 0 Å². The zero-order chi connectivity index (χ0) is 11.9. The van der Waals surface area contributed by atoms with Crippen molar-refractivity contribution in [3.63, 3.8) is 0 Å². The summed E-state index contributed by atoms with van der Waals surface area (Å²) in [5.74, 6) is 0.229. The average molecular weight is 279 g/mol. The maximum atomic E-state index is 11.5. The fourth-order valence-corrected chi connectivity index (χ4v) is 2.31. The molecule has 4 nitrogen and oxygen atoms in total. The lowest BCUT2D eigenvalue weighted by atomic mass is 10.3. The van der Waals surface area contributed by atoms with Crippen LogP contribution in [0.25, 0.3) is 5.69 Å². The summed E-state index contributed by atoms with van der Waals surface area (Å²) < 4.78 is 1.16. The zero-order valence-electron chi connectivity index (χ0n) is 7.80. The van der Waals surface area contributed by atoms with Gasteiger partial charge in [0, 0.05) is 11.1 Å². The van der Waals surface area contributed by atoms with Crippen LogP contribution in [0.4, 0.5) is 5.82 Å². The predicted molar refractivity (Wildman–Crippen MR) is 65.8 cm³/mol.